The van der Waals surface area contributed by atoms with Crippen molar-refractivity contribution in [3.05, 3.63) is 56.8 Å². The van der Waals surface area contributed by atoms with E-state index in [4.69, 9.17) is 0 Å². The summed E-state index contributed by atoms with van der Waals surface area (Å²) in [6.45, 7) is 4.04. The molecular formula is C18H17F3IN3O. The fourth-order valence-electron chi connectivity index (χ4n) is 2.86. The van der Waals surface area contributed by atoms with Gasteiger partial charge >= 0.3 is 6.18 Å². The Labute approximate surface area is 163 Å². The number of alkyl halides is 3. The van der Waals surface area contributed by atoms with Crippen LogP contribution in [-0.2, 0) is 6.18 Å². The number of hydrogen-bond acceptors (Lipinski definition) is 3. The van der Waals surface area contributed by atoms with Crippen LogP contribution in [0.3, 0.4) is 0 Å². The molecule has 26 heavy (non-hydrogen) atoms. The zero-order valence-electron chi connectivity index (χ0n) is 14.1. The van der Waals surface area contributed by atoms with Gasteiger partial charge in [0.2, 0.25) is 0 Å². The minimum atomic E-state index is -4.39. The average Bonchev–Trinajstić information content (AvgIpc) is 2.63. The number of aryl methyl sites for hydroxylation is 1. The maximum atomic E-state index is 12.7. The van der Waals surface area contributed by atoms with Crippen molar-refractivity contribution in [3.8, 4) is 0 Å². The number of benzene rings is 1. The lowest BCUT2D eigenvalue weighted by atomic mass is 10.1. The molecule has 1 saturated heterocycles. The summed E-state index contributed by atoms with van der Waals surface area (Å²) < 4.78 is 38.8. The molecule has 4 nitrogen and oxygen atoms in total. The van der Waals surface area contributed by atoms with Crippen molar-refractivity contribution in [2.24, 2.45) is 0 Å². The first-order chi connectivity index (χ1) is 12.3. The van der Waals surface area contributed by atoms with Crippen LogP contribution >= 0.6 is 22.6 Å². The van der Waals surface area contributed by atoms with E-state index in [1.807, 2.05) is 30.0 Å². The summed E-state index contributed by atoms with van der Waals surface area (Å²) in [4.78, 5) is 20.3. The number of pyridine rings is 1. The van der Waals surface area contributed by atoms with Crippen molar-refractivity contribution in [2.75, 3.05) is 31.1 Å². The minimum absolute atomic E-state index is 0.0156. The lowest BCUT2D eigenvalue weighted by Gasteiger charge is -2.35. The number of carbonyl (C=O) groups is 1. The maximum Gasteiger partial charge on any atom is 0.417 e. The van der Waals surface area contributed by atoms with Crippen LogP contribution < -0.4 is 4.90 Å². The molecule has 1 amide bonds. The molecule has 1 aliphatic heterocycles. The van der Waals surface area contributed by atoms with Gasteiger partial charge in [-0.05, 0) is 53.3 Å². The van der Waals surface area contributed by atoms with Crippen LogP contribution in [0.5, 0.6) is 0 Å². The molecule has 1 aromatic heterocycles. The van der Waals surface area contributed by atoms with Crippen LogP contribution in [0.2, 0.25) is 0 Å². The van der Waals surface area contributed by atoms with Gasteiger partial charge in [-0.3, -0.25) is 4.79 Å². The maximum absolute atomic E-state index is 12.7. The Kier molecular flexibility index (Phi) is 5.40. The number of aromatic nitrogens is 1. The standard InChI is InChI=1S/C18H17F3IN3O/c1-12-3-2-4-14(16(12)22)17(26)25-9-7-24(8-10-25)15-6-5-13(11-23-15)18(19,20)21/h2-6,11H,7-10H2,1H3. The van der Waals surface area contributed by atoms with E-state index >= 15 is 0 Å². The van der Waals surface area contributed by atoms with Gasteiger partial charge in [0.05, 0.1) is 11.1 Å². The van der Waals surface area contributed by atoms with Crippen LogP contribution in [0, 0.1) is 10.5 Å². The molecule has 1 aromatic carbocycles. The fourth-order valence-corrected chi connectivity index (χ4v) is 3.45. The zero-order chi connectivity index (χ0) is 18.9. The molecule has 8 heteroatoms. The molecule has 0 bridgehead atoms. The lowest BCUT2D eigenvalue weighted by Crippen LogP contribution is -2.49. The second kappa shape index (κ2) is 7.42. The number of halogens is 4. The summed E-state index contributed by atoms with van der Waals surface area (Å²) in [6.07, 6.45) is -3.54. The molecule has 2 aromatic rings. The van der Waals surface area contributed by atoms with Crippen molar-refractivity contribution in [1.29, 1.82) is 0 Å². The number of hydrogen-bond donors (Lipinski definition) is 0. The normalized spacial score (nSPS) is 15.3. The average molecular weight is 475 g/mol. The number of rotatable bonds is 2. The Morgan fingerprint density at radius 2 is 1.81 bits per heavy atom. The van der Waals surface area contributed by atoms with Gasteiger partial charge in [0, 0.05) is 35.9 Å². The molecule has 138 valence electrons. The number of carbonyl (C=O) groups excluding carboxylic acids is 1. The Hall–Kier alpha value is -1.84. The Bertz CT molecular complexity index is 800. The van der Waals surface area contributed by atoms with E-state index in [1.54, 1.807) is 4.90 Å². The predicted octanol–water partition coefficient (Wildman–Crippen LogP) is 3.98. The highest BCUT2D eigenvalue weighted by Crippen LogP contribution is 2.29. The summed E-state index contributed by atoms with van der Waals surface area (Å²) in [5, 5.41) is 0. The highest BCUT2D eigenvalue weighted by molar-refractivity contribution is 14.1. The second-order valence-electron chi connectivity index (χ2n) is 6.12. The van der Waals surface area contributed by atoms with Gasteiger partial charge in [-0.25, -0.2) is 4.98 Å². The Morgan fingerprint density at radius 1 is 1.12 bits per heavy atom. The highest BCUT2D eigenvalue weighted by atomic mass is 127. The first kappa shape index (κ1) is 18.9. The smallest absolute Gasteiger partial charge is 0.353 e. The third-order valence-electron chi connectivity index (χ3n) is 4.39. The van der Waals surface area contributed by atoms with Crippen LogP contribution in [0.25, 0.3) is 0 Å². The topological polar surface area (TPSA) is 36.4 Å². The van der Waals surface area contributed by atoms with Crippen molar-refractivity contribution in [1.82, 2.24) is 9.88 Å². The van der Waals surface area contributed by atoms with Gasteiger partial charge in [0.1, 0.15) is 5.82 Å². The molecule has 1 fully saturated rings. The molecule has 2 heterocycles. The van der Waals surface area contributed by atoms with Gasteiger partial charge in [0.25, 0.3) is 5.91 Å². The molecule has 3 rings (SSSR count). The van der Waals surface area contributed by atoms with E-state index in [0.717, 1.165) is 21.4 Å². The van der Waals surface area contributed by atoms with Crippen LogP contribution in [0.4, 0.5) is 19.0 Å². The number of nitrogens with zero attached hydrogens (tertiary/aromatic N) is 3. The summed E-state index contributed by atoms with van der Waals surface area (Å²) in [7, 11) is 0. The van der Waals surface area contributed by atoms with E-state index in [1.165, 1.54) is 6.07 Å². The largest absolute Gasteiger partial charge is 0.417 e. The zero-order valence-corrected chi connectivity index (χ0v) is 16.2. The third-order valence-corrected chi connectivity index (χ3v) is 5.82. The molecule has 0 aliphatic carbocycles. The van der Waals surface area contributed by atoms with Gasteiger partial charge in [-0.2, -0.15) is 13.2 Å². The summed E-state index contributed by atoms with van der Waals surface area (Å²) in [6, 6.07) is 8.07. The number of amides is 1. The van der Waals surface area contributed by atoms with Crippen molar-refractivity contribution >= 4 is 34.3 Å². The lowest BCUT2D eigenvalue weighted by molar-refractivity contribution is -0.137. The summed E-state index contributed by atoms with van der Waals surface area (Å²) >= 11 is 2.18. The van der Waals surface area contributed by atoms with Crippen LogP contribution in [-0.4, -0.2) is 42.0 Å². The van der Waals surface area contributed by atoms with Gasteiger partial charge < -0.3 is 9.80 Å². The predicted molar refractivity (Wildman–Crippen MR) is 101 cm³/mol. The number of anilines is 1. The SMILES string of the molecule is Cc1cccc(C(=O)N2CCN(c3ccc(C(F)(F)F)cn3)CC2)c1I. The van der Waals surface area contributed by atoms with Gasteiger partial charge in [-0.15, -0.1) is 0 Å². The van der Waals surface area contributed by atoms with E-state index in [9.17, 15) is 18.0 Å². The molecular weight excluding hydrogens is 458 g/mol. The second-order valence-corrected chi connectivity index (χ2v) is 7.20. The molecule has 0 unspecified atom stereocenters. The molecule has 0 atom stereocenters. The Balaban J connectivity index is 1.65. The monoisotopic (exact) mass is 475 g/mol. The van der Waals surface area contributed by atoms with E-state index in [2.05, 4.69) is 27.6 Å². The fraction of sp³-hybridized carbons (Fsp3) is 0.333. The van der Waals surface area contributed by atoms with E-state index in [0.29, 0.717) is 37.6 Å². The summed E-state index contributed by atoms with van der Waals surface area (Å²) in [5.41, 5.74) is 0.986. The minimum Gasteiger partial charge on any atom is -0.353 e. The Morgan fingerprint density at radius 3 is 2.38 bits per heavy atom. The van der Waals surface area contributed by atoms with Crippen LogP contribution in [0.1, 0.15) is 21.5 Å². The first-order valence-electron chi connectivity index (χ1n) is 8.10. The highest BCUT2D eigenvalue weighted by Gasteiger charge is 2.31. The van der Waals surface area contributed by atoms with Crippen molar-refractivity contribution in [2.45, 2.75) is 13.1 Å². The van der Waals surface area contributed by atoms with Gasteiger partial charge in [0.15, 0.2) is 0 Å². The van der Waals surface area contributed by atoms with E-state index < -0.39 is 11.7 Å². The molecule has 1 aliphatic rings. The molecule has 0 radical (unpaired) electrons. The van der Waals surface area contributed by atoms with Crippen LogP contribution in [0.15, 0.2) is 36.5 Å². The van der Waals surface area contributed by atoms with E-state index in [-0.39, 0.29) is 5.91 Å². The molecule has 0 spiro atoms. The quantitative estimate of drug-likeness (QED) is 0.617. The molecule has 0 N–H and O–H groups in total. The first-order valence-corrected chi connectivity index (χ1v) is 9.18. The number of piperazine rings is 1. The van der Waals surface area contributed by atoms with Crippen molar-refractivity contribution < 1.29 is 18.0 Å². The molecule has 0 saturated carbocycles. The van der Waals surface area contributed by atoms with Crippen molar-refractivity contribution in [3.63, 3.8) is 0 Å². The third kappa shape index (κ3) is 3.94. The summed E-state index contributed by atoms with van der Waals surface area (Å²) in [5.74, 6) is 0.480. The van der Waals surface area contributed by atoms with Gasteiger partial charge in [-0.1, -0.05) is 12.1 Å².